The number of carbonyl (C=O) groups excluding carboxylic acids is 3. The second kappa shape index (κ2) is 10.7. The standard InChI is InChI=1S/C20H20N4O4S/c1-15(25)24(17-7-4-3-5-8-17)20-22-16(14-29-20)9-10-19(27)28-13-18(26)23(2)12-6-11-21/h3-5,7-10,14H,6,12-13H2,1-2H3/b10-9+. The number of esters is 1. The zero-order chi connectivity index (χ0) is 21.2. The zero-order valence-corrected chi connectivity index (χ0v) is 16.9. The number of ether oxygens (including phenoxy) is 1. The van der Waals surface area contributed by atoms with Gasteiger partial charge in [-0.25, -0.2) is 9.78 Å². The van der Waals surface area contributed by atoms with Crippen molar-refractivity contribution in [3.8, 4) is 6.07 Å². The minimum absolute atomic E-state index is 0.181. The van der Waals surface area contributed by atoms with Crippen LogP contribution in [-0.4, -0.2) is 47.9 Å². The molecule has 8 nitrogen and oxygen atoms in total. The van der Waals surface area contributed by atoms with Crippen LogP contribution >= 0.6 is 11.3 Å². The first-order chi connectivity index (χ1) is 13.9. The van der Waals surface area contributed by atoms with Gasteiger partial charge in [0.2, 0.25) is 5.91 Å². The van der Waals surface area contributed by atoms with Crippen molar-refractivity contribution in [2.24, 2.45) is 0 Å². The average molecular weight is 412 g/mol. The number of aromatic nitrogens is 1. The smallest absolute Gasteiger partial charge is 0.331 e. The van der Waals surface area contributed by atoms with Crippen molar-refractivity contribution in [3.05, 3.63) is 47.5 Å². The Kier molecular flexibility index (Phi) is 8.06. The highest BCUT2D eigenvalue weighted by Gasteiger charge is 2.17. The predicted octanol–water partition coefficient (Wildman–Crippen LogP) is 2.76. The zero-order valence-electron chi connectivity index (χ0n) is 16.1. The monoisotopic (exact) mass is 412 g/mol. The number of nitriles is 1. The van der Waals surface area contributed by atoms with E-state index in [2.05, 4.69) is 4.98 Å². The van der Waals surface area contributed by atoms with E-state index in [1.807, 2.05) is 24.3 Å². The van der Waals surface area contributed by atoms with E-state index in [9.17, 15) is 14.4 Å². The minimum atomic E-state index is -0.687. The van der Waals surface area contributed by atoms with Crippen molar-refractivity contribution in [1.29, 1.82) is 5.26 Å². The highest BCUT2D eigenvalue weighted by atomic mass is 32.1. The van der Waals surface area contributed by atoms with Crippen LogP contribution < -0.4 is 4.90 Å². The molecule has 0 fully saturated rings. The van der Waals surface area contributed by atoms with Crippen LogP contribution in [0.4, 0.5) is 10.8 Å². The Hall–Kier alpha value is -3.51. The maximum absolute atomic E-state index is 12.0. The van der Waals surface area contributed by atoms with Crippen LogP contribution in [0.2, 0.25) is 0 Å². The van der Waals surface area contributed by atoms with Gasteiger partial charge in [0.05, 0.1) is 23.9 Å². The second-order valence-electron chi connectivity index (χ2n) is 5.91. The number of para-hydroxylation sites is 1. The fourth-order valence-corrected chi connectivity index (χ4v) is 3.10. The van der Waals surface area contributed by atoms with Gasteiger partial charge in [-0.3, -0.25) is 14.5 Å². The number of nitrogens with zero attached hydrogens (tertiary/aromatic N) is 4. The van der Waals surface area contributed by atoms with Crippen molar-refractivity contribution < 1.29 is 19.1 Å². The van der Waals surface area contributed by atoms with Crippen molar-refractivity contribution >= 4 is 46.0 Å². The van der Waals surface area contributed by atoms with Crippen LogP contribution in [0.5, 0.6) is 0 Å². The van der Waals surface area contributed by atoms with Crippen LogP contribution in [-0.2, 0) is 19.1 Å². The molecule has 2 aromatic rings. The SMILES string of the molecule is CC(=O)N(c1ccccc1)c1nc(/C=C/C(=O)OCC(=O)N(C)CCC#N)cs1. The summed E-state index contributed by atoms with van der Waals surface area (Å²) in [5, 5.41) is 10.7. The van der Waals surface area contributed by atoms with E-state index >= 15 is 0 Å². The topological polar surface area (TPSA) is 104 Å². The number of rotatable bonds is 8. The summed E-state index contributed by atoms with van der Waals surface area (Å²) >= 11 is 1.27. The highest BCUT2D eigenvalue weighted by molar-refractivity contribution is 7.14. The van der Waals surface area contributed by atoms with Crippen LogP contribution in [0.3, 0.4) is 0 Å². The van der Waals surface area contributed by atoms with E-state index in [4.69, 9.17) is 10.00 Å². The average Bonchev–Trinajstić information content (AvgIpc) is 3.17. The van der Waals surface area contributed by atoms with Crippen LogP contribution in [0.1, 0.15) is 19.0 Å². The first kappa shape index (κ1) is 21.8. The molecule has 2 rings (SSSR count). The van der Waals surface area contributed by atoms with Crippen molar-refractivity contribution in [2.45, 2.75) is 13.3 Å². The van der Waals surface area contributed by atoms with Gasteiger partial charge in [0.25, 0.3) is 5.91 Å². The molecule has 0 spiro atoms. The molecule has 1 aromatic heterocycles. The fraction of sp³-hybridized carbons (Fsp3) is 0.250. The summed E-state index contributed by atoms with van der Waals surface area (Å²) in [6.07, 6.45) is 2.83. The molecule has 0 N–H and O–H groups in total. The van der Waals surface area contributed by atoms with Crippen molar-refractivity contribution in [1.82, 2.24) is 9.88 Å². The molecular weight excluding hydrogens is 392 g/mol. The molecule has 150 valence electrons. The summed E-state index contributed by atoms with van der Waals surface area (Å²) in [6, 6.07) is 11.1. The van der Waals surface area contributed by atoms with E-state index in [1.165, 1.54) is 47.3 Å². The third-order valence-corrected chi connectivity index (χ3v) is 4.59. The Morgan fingerprint density at radius 3 is 2.66 bits per heavy atom. The molecule has 0 aliphatic heterocycles. The number of thiazole rings is 1. The lowest BCUT2D eigenvalue weighted by atomic mass is 10.3. The quantitative estimate of drug-likeness (QED) is 0.488. The van der Waals surface area contributed by atoms with E-state index in [1.54, 1.807) is 17.5 Å². The minimum Gasteiger partial charge on any atom is -0.452 e. The molecule has 0 bridgehead atoms. The molecule has 0 saturated heterocycles. The summed E-state index contributed by atoms with van der Waals surface area (Å²) in [5.41, 5.74) is 1.19. The number of hydrogen-bond acceptors (Lipinski definition) is 7. The van der Waals surface area contributed by atoms with Gasteiger partial charge >= 0.3 is 5.97 Å². The van der Waals surface area contributed by atoms with Crippen molar-refractivity contribution in [2.75, 3.05) is 25.1 Å². The largest absolute Gasteiger partial charge is 0.452 e. The Balaban J connectivity index is 1.96. The van der Waals surface area contributed by atoms with E-state index in [0.717, 1.165) is 0 Å². The molecule has 0 saturated carbocycles. The predicted molar refractivity (Wildman–Crippen MR) is 109 cm³/mol. The maximum atomic E-state index is 12.0. The normalized spacial score (nSPS) is 10.4. The molecule has 0 unspecified atom stereocenters. The number of benzene rings is 1. The summed E-state index contributed by atoms with van der Waals surface area (Å²) in [4.78, 5) is 42.8. The molecule has 0 aliphatic rings. The molecular formula is C20H20N4O4S. The van der Waals surface area contributed by atoms with Crippen LogP contribution in [0.15, 0.2) is 41.8 Å². The summed E-state index contributed by atoms with van der Waals surface area (Å²) in [6.45, 7) is 1.32. The number of anilines is 2. The third kappa shape index (κ3) is 6.55. The number of hydrogen-bond donors (Lipinski definition) is 0. The van der Waals surface area contributed by atoms with Crippen molar-refractivity contribution in [3.63, 3.8) is 0 Å². The first-order valence-electron chi connectivity index (χ1n) is 8.69. The summed E-state index contributed by atoms with van der Waals surface area (Å²) in [5.74, 6) is -1.26. The lowest BCUT2D eigenvalue weighted by molar-refractivity contribution is -0.147. The Morgan fingerprint density at radius 2 is 2.00 bits per heavy atom. The lowest BCUT2D eigenvalue weighted by Gasteiger charge is -2.17. The number of amides is 2. The molecule has 2 amide bonds. The maximum Gasteiger partial charge on any atom is 0.331 e. The second-order valence-corrected chi connectivity index (χ2v) is 6.75. The van der Waals surface area contributed by atoms with Gasteiger partial charge in [0, 0.05) is 32.0 Å². The van der Waals surface area contributed by atoms with Crippen LogP contribution in [0, 0.1) is 11.3 Å². The molecule has 1 aromatic carbocycles. The van der Waals surface area contributed by atoms with E-state index in [-0.39, 0.29) is 18.9 Å². The van der Waals surface area contributed by atoms with E-state index < -0.39 is 18.5 Å². The molecule has 0 atom stereocenters. The lowest BCUT2D eigenvalue weighted by Crippen LogP contribution is -2.31. The van der Waals surface area contributed by atoms with Gasteiger partial charge in [-0.15, -0.1) is 11.3 Å². The molecule has 29 heavy (non-hydrogen) atoms. The summed E-state index contributed by atoms with van der Waals surface area (Å²) in [7, 11) is 1.54. The number of carbonyl (C=O) groups is 3. The molecule has 0 radical (unpaired) electrons. The van der Waals surface area contributed by atoms with E-state index in [0.29, 0.717) is 16.5 Å². The summed E-state index contributed by atoms with van der Waals surface area (Å²) < 4.78 is 4.90. The van der Waals surface area contributed by atoms with Gasteiger partial charge in [-0.1, -0.05) is 18.2 Å². The van der Waals surface area contributed by atoms with Gasteiger partial charge in [0.1, 0.15) is 0 Å². The number of likely N-dealkylation sites (N-methyl/N-ethyl adjacent to an activating group) is 1. The Labute approximate surface area is 172 Å². The van der Waals surface area contributed by atoms with Gasteiger partial charge in [-0.2, -0.15) is 5.26 Å². The Bertz CT molecular complexity index is 933. The molecule has 9 heteroatoms. The van der Waals surface area contributed by atoms with Gasteiger partial charge < -0.3 is 9.64 Å². The molecule has 1 heterocycles. The Morgan fingerprint density at radius 1 is 1.28 bits per heavy atom. The highest BCUT2D eigenvalue weighted by Crippen LogP contribution is 2.28. The van der Waals surface area contributed by atoms with Gasteiger partial charge in [0.15, 0.2) is 11.7 Å². The fourth-order valence-electron chi connectivity index (χ4n) is 2.25. The third-order valence-electron chi connectivity index (χ3n) is 3.74. The van der Waals surface area contributed by atoms with Gasteiger partial charge in [-0.05, 0) is 18.2 Å². The molecule has 0 aliphatic carbocycles. The van der Waals surface area contributed by atoms with Crippen LogP contribution in [0.25, 0.3) is 6.08 Å². The first-order valence-corrected chi connectivity index (χ1v) is 9.57.